The molecule has 2 rings (SSSR count). The van der Waals surface area contributed by atoms with Crippen molar-refractivity contribution in [2.24, 2.45) is 0 Å². The summed E-state index contributed by atoms with van der Waals surface area (Å²) in [7, 11) is 0. The molecule has 1 aromatic carbocycles. The molecule has 0 saturated heterocycles. The van der Waals surface area contributed by atoms with E-state index in [-0.39, 0.29) is 0 Å². The lowest BCUT2D eigenvalue weighted by Crippen LogP contribution is -1.82. The van der Waals surface area contributed by atoms with Gasteiger partial charge in [0, 0.05) is 11.1 Å². The van der Waals surface area contributed by atoms with Gasteiger partial charge in [-0.05, 0) is 26.0 Å². The lowest BCUT2D eigenvalue weighted by atomic mass is 10.1. The van der Waals surface area contributed by atoms with Crippen LogP contribution in [0.4, 0.5) is 0 Å². The predicted molar refractivity (Wildman–Crippen MR) is 56.8 cm³/mol. The Balaban J connectivity index is 2.48. The van der Waals surface area contributed by atoms with Crippen molar-refractivity contribution in [3.63, 3.8) is 0 Å². The monoisotopic (exact) mass is 201 g/mol. The molecule has 0 saturated carbocycles. The normalized spacial score (nSPS) is 10.3. The molecule has 1 heterocycles. The van der Waals surface area contributed by atoms with E-state index >= 15 is 0 Å². The summed E-state index contributed by atoms with van der Waals surface area (Å²) < 4.78 is 5.47. The number of aldehydes is 1. The third kappa shape index (κ3) is 1.81. The van der Waals surface area contributed by atoms with Crippen LogP contribution in [0.2, 0.25) is 0 Å². The van der Waals surface area contributed by atoms with Crippen LogP contribution in [0.15, 0.2) is 28.7 Å². The van der Waals surface area contributed by atoms with Gasteiger partial charge < -0.3 is 4.42 Å². The second-order valence-electron chi connectivity index (χ2n) is 3.40. The van der Waals surface area contributed by atoms with Crippen LogP contribution in [0.3, 0.4) is 0 Å². The molecule has 0 aliphatic carbocycles. The van der Waals surface area contributed by atoms with Gasteiger partial charge in [0.05, 0.1) is 5.69 Å². The number of aryl methyl sites for hydroxylation is 2. The maximum Gasteiger partial charge on any atom is 0.226 e. The summed E-state index contributed by atoms with van der Waals surface area (Å²) in [6.45, 7) is 3.77. The first-order valence-corrected chi connectivity index (χ1v) is 4.70. The number of carbonyl (C=O) groups excluding carboxylic acids is 1. The Hall–Kier alpha value is -1.90. The van der Waals surface area contributed by atoms with Crippen molar-refractivity contribution in [1.29, 1.82) is 0 Å². The molecule has 0 spiro atoms. The van der Waals surface area contributed by atoms with Crippen molar-refractivity contribution in [2.75, 3.05) is 0 Å². The van der Waals surface area contributed by atoms with Crippen molar-refractivity contribution in [3.05, 3.63) is 41.3 Å². The van der Waals surface area contributed by atoms with Crippen molar-refractivity contribution >= 4 is 6.29 Å². The third-order valence-corrected chi connectivity index (χ3v) is 2.30. The number of benzene rings is 1. The Morgan fingerprint density at radius 3 is 2.73 bits per heavy atom. The molecule has 15 heavy (non-hydrogen) atoms. The van der Waals surface area contributed by atoms with E-state index in [0.29, 0.717) is 11.5 Å². The van der Waals surface area contributed by atoms with Gasteiger partial charge >= 0.3 is 0 Å². The summed E-state index contributed by atoms with van der Waals surface area (Å²) in [5.41, 5.74) is 2.33. The van der Waals surface area contributed by atoms with Gasteiger partial charge in [-0.25, -0.2) is 4.98 Å². The molecule has 2 aromatic rings. The molecule has 76 valence electrons. The van der Waals surface area contributed by atoms with E-state index in [9.17, 15) is 4.79 Å². The molecule has 0 aliphatic heterocycles. The van der Waals surface area contributed by atoms with E-state index < -0.39 is 0 Å². The SMILES string of the molecule is Cc1nc(-c2cccc(C=O)c2)oc1C. The molecule has 0 bridgehead atoms. The van der Waals surface area contributed by atoms with E-state index in [1.165, 1.54) is 0 Å². The van der Waals surface area contributed by atoms with Crippen LogP contribution in [0.1, 0.15) is 21.8 Å². The Kier molecular flexibility index (Phi) is 2.37. The second kappa shape index (κ2) is 3.69. The number of rotatable bonds is 2. The predicted octanol–water partition coefficient (Wildman–Crippen LogP) is 2.77. The minimum absolute atomic E-state index is 0.564. The van der Waals surface area contributed by atoms with Gasteiger partial charge in [0.2, 0.25) is 5.89 Å². The molecule has 1 aromatic heterocycles. The van der Waals surface area contributed by atoms with Crippen LogP contribution in [0.5, 0.6) is 0 Å². The molecular formula is C12H11NO2. The number of aromatic nitrogens is 1. The van der Waals surface area contributed by atoms with Gasteiger partial charge in [0.1, 0.15) is 12.0 Å². The summed E-state index contributed by atoms with van der Waals surface area (Å²) in [4.78, 5) is 14.9. The first kappa shape index (κ1) is 9.65. The number of hydrogen-bond acceptors (Lipinski definition) is 3. The summed E-state index contributed by atoms with van der Waals surface area (Å²) in [6, 6.07) is 7.20. The van der Waals surface area contributed by atoms with Gasteiger partial charge in [0.15, 0.2) is 0 Å². The zero-order valence-electron chi connectivity index (χ0n) is 8.65. The van der Waals surface area contributed by atoms with Crippen LogP contribution < -0.4 is 0 Å². The minimum atomic E-state index is 0.564. The first-order chi connectivity index (χ1) is 7.20. The van der Waals surface area contributed by atoms with Gasteiger partial charge in [0.25, 0.3) is 0 Å². The molecule has 0 radical (unpaired) electrons. The molecular weight excluding hydrogens is 190 g/mol. The zero-order valence-corrected chi connectivity index (χ0v) is 8.65. The summed E-state index contributed by atoms with van der Waals surface area (Å²) in [5, 5.41) is 0. The third-order valence-electron chi connectivity index (χ3n) is 2.30. The highest BCUT2D eigenvalue weighted by molar-refractivity contribution is 5.77. The van der Waals surface area contributed by atoms with Crippen LogP contribution in [0, 0.1) is 13.8 Å². The lowest BCUT2D eigenvalue weighted by Gasteiger charge is -1.95. The zero-order chi connectivity index (χ0) is 10.8. The number of carbonyl (C=O) groups is 1. The number of nitrogens with zero attached hydrogens (tertiary/aromatic N) is 1. The molecule has 0 amide bonds. The van der Waals surface area contributed by atoms with Crippen LogP contribution >= 0.6 is 0 Å². The van der Waals surface area contributed by atoms with E-state index in [1.54, 1.807) is 12.1 Å². The van der Waals surface area contributed by atoms with E-state index in [2.05, 4.69) is 4.98 Å². The minimum Gasteiger partial charge on any atom is -0.441 e. The van der Waals surface area contributed by atoms with Crippen LogP contribution in [-0.4, -0.2) is 11.3 Å². The summed E-state index contributed by atoms with van der Waals surface area (Å²) in [5.74, 6) is 1.37. The van der Waals surface area contributed by atoms with Gasteiger partial charge in [-0.3, -0.25) is 4.79 Å². The van der Waals surface area contributed by atoms with E-state index in [0.717, 1.165) is 23.3 Å². The van der Waals surface area contributed by atoms with E-state index in [1.807, 2.05) is 26.0 Å². The molecule has 0 unspecified atom stereocenters. The Bertz CT molecular complexity index is 481. The number of oxazole rings is 1. The maximum absolute atomic E-state index is 10.6. The molecule has 0 N–H and O–H groups in total. The highest BCUT2D eigenvalue weighted by Gasteiger charge is 2.07. The fourth-order valence-electron chi connectivity index (χ4n) is 1.34. The van der Waals surface area contributed by atoms with Crippen molar-refractivity contribution in [1.82, 2.24) is 4.98 Å². The summed E-state index contributed by atoms with van der Waals surface area (Å²) >= 11 is 0. The first-order valence-electron chi connectivity index (χ1n) is 4.70. The smallest absolute Gasteiger partial charge is 0.226 e. The quantitative estimate of drug-likeness (QED) is 0.701. The Morgan fingerprint density at radius 2 is 2.13 bits per heavy atom. The molecule has 3 heteroatoms. The van der Waals surface area contributed by atoms with Gasteiger partial charge in [-0.1, -0.05) is 12.1 Å². The van der Waals surface area contributed by atoms with E-state index in [4.69, 9.17) is 4.42 Å². The maximum atomic E-state index is 10.6. The van der Waals surface area contributed by atoms with Crippen LogP contribution in [0.25, 0.3) is 11.5 Å². The van der Waals surface area contributed by atoms with Crippen molar-refractivity contribution < 1.29 is 9.21 Å². The fraction of sp³-hybridized carbons (Fsp3) is 0.167. The van der Waals surface area contributed by atoms with Crippen molar-refractivity contribution in [3.8, 4) is 11.5 Å². The average molecular weight is 201 g/mol. The van der Waals surface area contributed by atoms with Gasteiger partial charge in [-0.15, -0.1) is 0 Å². The molecule has 0 atom stereocenters. The highest BCUT2D eigenvalue weighted by Crippen LogP contribution is 2.21. The number of hydrogen-bond donors (Lipinski definition) is 0. The average Bonchev–Trinajstić information content (AvgIpc) is 2.59. The largest absolute Gasteiger partial charge is 0.441 e. The molecule has 0 fully saturated rings. The second-order valence-corrected chi connectivity index (χ2v) is 3.40. The Labute approximate surface area is 87.8 Å². The topological polar surface area (TPSA) is 43.1 Å². The Morgan fingerprint density at radius 1 is 1.33 bits per heavy atom. The summed E-state index contributed by atoms with van der Waals surface area (Å²) in [6.07, 6.45) is 0.812. The van der Waals surface area contributed by atoms with Crippen LogP contribution in [-0.2, 0) is 0 Å². The fourth-order valence-corrected chi connectivity index (χ4v) is 1.34. The standard InChI is InChI=1S/C12H11NO2/c1-8-9(2)15-12(13-8)11-5-3-4-10(6-11)7-14/h3-7H,1-2H3. The van der Waals surface area contributed by atoms with Gasteiger partial charge in [-0.2, -0.15) is 0 Å². The van der Waals surface area contributed by atoms with Crippen molar-refractivity contribution in [2.45, 2.75) is 13.8 Å². The molecule has 0 aliphatic rings. The highest BCUT2D eigenvalue weighted by atomic mass is 16.4. The molecule has 3 nitrogen and oxygen atoms in total. The lowest BCUT2D eigenvalue weighted by molar-refractivity contribution is 0.112.